The Morgan fingerprint density at radius 2 is 1.75 bits per heavy atom. The number of aromatic nitrogens is 4. The van der Waals surface area contributed by atoms with Crippen molar-refractivity contribution in [3.63, 3.8) is 0 Å². The van der Waals surface area contributed by atoms with Gasteiger partial charge in [-0.15, -0.1) is 0 Å². The molecule has 0 fully saturated rings. The molecule has 5 heteroatoms. The molecule has 24 heavy (non-hydrogen) atoms. The molecule has 1 aromatic carbocycles. The zero-order chi connectivity index (χ0) is 16.2. The second kappa shape index (κ2) is 6.84. The first-order valence-electron chi connectivity index (χ1n) is 7.77. The molecular formula is C19H16N4S. The van der Waals surface area contributed by atoms with Gasteiger partial charge in [0.05, 0.1) is 23.4 Å². The number of fused-ring (bicyclic) bond motifs is 1. The summed E-state index contributed by atoms with van der Waals surface area (Å²) in [4.78, 5) is 13.6. The second-order valence-electron chi connectivity index (χ2n) is 5.44. The Hall–Kier alpha value is -2.66. The number of hydrogen-bond acceptors (Lipinski definition) is 4. The maximum atomic E-state index is 4.72. The third-order valence-corrected chi connectivity index (χ3v) is 4.78. The lowest BCUT2D eigenvalue weighted by molar-refractivity contribution is 0.693. The van der Waals surface area contributed by atoms with E-state index in [4.69, 9.17) is 4.98 Å². The number of pyridine rings is 2. The summed E-state index contributed by atoms with van der Waals surface area (Å²) >= 11 is 1.70. The minimum Gasteiger partial charge on any atom is -0.320 e. The molecule has 0 bridgehead atoms. The number of hydrogen-bond donors (Lipinski definition) is 0. The Morgan fingerprint density at radius 3 is 2.67 bits per heavy atom. The van der Waals surface area contributed by atoms with Crippen LogP contribution in [0.2, 0.25) is 0 Å². The lowest BCUT2D eigenvalue weighted by Gasteiger charge is -2.07. The van der Waals surface area contributed by atoms with Crippen LogP contribution in [-0.4, -0.2) is 19.5 Å². The summed E-state index contributed by atoms with van der Waals surface area (Å²) in [7, 11) is 0. The van der Waals surface area contributed by atoms with Gasteiger partial charge in [-0.25, -0.2) is 4.98 Å². The molecule has 4 nitrogen and oxygen atoms in total. The minimum absolute atomic E-state index is 0.730. The molecule has 0 saturated carbocycles. The molecule has 3 heterocycles. The molecule has 0 saturated heterocycles. The van der Waals surface area contributed by atoms with E-state index in [0.29, 0.717) is 0 Å². The predicted molar refractivity (Wildman–Crippen MR) is 96.9 cm³/mol. The average Bonchev–Trinajstić information content (AvgIpc) is 3.08. The maximum Gasteiger partial charge on any atom is 0.168 e. The Morgan fingerprint density at radius 1 is 0.833 bits per heavy atom. The Labute approximate surface area is 144 Å². The first-order chi connectivity index (χ1) is 11.9. The normalized spacial score (nSPS) is 11.0. The van der Waals surface area contributed by atoms with E-state index in [0.717, 1.165) is 34.4 Å². The Kier molecular flexibility index (Phi) is 4.25. The lowest BCUT2D eigenvalue weighted by atomic mass is 10.2. The molecule has 0 atom stereocenters. The van der Waals surface area contributed by atoms with Crippen molar-refractivity contribution in [2.24, 2.45) is 0 Å². The van der Waals surface area contributed by atoms with Crippen LogP contribution in [0.5, 0.6) is 0 Å². The van der Waals surface area contributed by atoms with Crippen LogP contribution in [-0.2, 0) is 12.3 Å². The van der Waals surface area contributed by atoms with Gasteiger partial charge in [-0.2, -0.15) is 0 Å². The van der Waals surface area contributed by atoms with E-state index in [9.17, 15) is 0 Å². The molecule has 0 amide bonds. The highest BCUT2D eigenvalue weighted by Gasteiger charge is 2.06. The second-order valence-corrected chi connectivity index (χ2v) is 6.39. The van der Waals surface area contributed by atoms with Gasteiger partial charge in [0.15, 0.2) is 5.16 Å². The molecule has 4 aromatic rings. The third kappa shape index (κ3) is 3.31. The van der Waals surface area contributed by atoms with Crippen LogP contribution in [0.15, 0.2) is 78.3 Å². The first kappa shape index (κ1) is 14.9. The van der Waals surface area contributed by atoms with Crippen molar-refractivity contribution in [3.8, 4) is 0 Å². The zero-order valence-corrected chi connectivity index (χ0v) is 13.9. The van der Waals surface area contributed by atoms with Crippen molar-refractivity contribution in [1.29, 1.82) is 0 Å². The number of nitrogens with zero attached hydrogens (tertiary/aromatic N) is 4. The van der Waals surface area contributed by atoms with Crippen LogP contribution >= 0.6 is 11.8 Å². The fourth-order valence-electron chi connectivity index (χ4n) is 2.55. The van der Waals surface area contributed by atoms with Gasteiger partial charge in [-0.1, -0.05) is 42.1 Å². The smallest absolute Gasteiger partial charge is 0.168 e. The van der Waals surface area contributed by atoms with Crippen LogP contribution in [0, 0.1) is 0 Å². The van der Waals surface area contributed by atoms with Gasteiger partial charge in [0.1, 0.15) is 0 Å². The van der Waals surface area contributed by atoms with E-state index in [2.05, 4.69) is 32.7 Å². The summed E-state index contributed by atoms with van der Waals surface area (Å²) in [6.45, 7) is 0.730. The van der Waals surface area contributed by atoms with Gasteiger partial charge in [-0.3, -0.25) is 9.97 Å². The molecule has 4 rings (SSSR count). The van der Waals surface area contributed by atoms with E-state index in [1.807, 2.05) is 55.0 Å². The van der Waals surface area contributed by atoms with E-state index in [1.165, 1.54) is 5.39 Å². The number of imidazole rings is 1. The summed E-state index contributed by atoms with van der Waals surface area (Å²) in [6.07, 6.45) is 5.64. The molecule has 0 spiro atoms. The Balaban J connectivity index is 1.48. The lowest BCUT2D eigenvalue weighted by Crippen LogP contribution is -2.02. The fourth-order valence-corrected chi connectivity index (χ4v) is 3.41. The van der Waals surface area contributed by atoms with Gasteiger partial charge in [-0.05, 0) is 24.3 Å². The average molecular weight is 332 g/mol. The van der Waals surface area contributed by atoms with Gasteiger partial charge < -0.3 is 4.57 Å². The number of para-hydroxylation sites is 1. The third-order valence-electron chi connectivity index (χ3n) is 3.74. The number of benzene rings is 1. The molecule has 0 aliphatic rings. The van der Waals surface area contributed by atoms with Gasteiger partial charge in [0.25, 0.3) is 0 Å². The standard InChI is InChI=1S/C19H16N4S/c1-2-7-18-15(5-1)8-9-17(22-18)14-24-19-21-11-12-23(19)13-16-6-3-4-10-20-16/h1-12H,13-14H2. The van der Waals surface area contributed by atoms with E-state index in [1.54, 1.807) is 11.8 Å². The molecule has 0 unspecified atom stereocenters. The first-order valence-corrected chi connectivity index (χ1v) is 8.75. The quantitative estimate of drug-likeness (QED) is 0.515. The molecule has 0 radical (unpaired) electrons. The summed E-state index contributed by atoms with van der Waals surface area (Å²) in [5.41, 5.74) is 3.12. The topological polar surface area (TPSA) is 43.6 Å². The van der Waals surface area contributed by atoms with Gasteiger partial charge in [0, 0.05) is 29.7 Å². The molecule has 118 valence electrons. The van der Waals surface area contributed by atoms with E-state index >= 15 is 0 Å². The van der Waals surface area contributed by atoms with Gasteiger partial charge in [0.2, 0.25) is 0 Å². The largest absolute Gasteiger partial charge is 0.320 e. The summed E-state index contributed by atoms with van der Waals surface area (Å²) in [5, 5.41) is 2.15. The molecule has 0 aliphatic heterocycles. The number of rotatable bonds is 5. The highest BCUT2D eigenvalue weighted by atomic mass is 32.2. The fraction of sp³-hybridized carbons (Fsp3) is 0.105. The van der Waals surface area contributed by atoms with Crippen molar-refractivity contribution < 1.29 is 0 Å². The molecule has 0 N–H and O–H groups in total. The minimum atomic E-state index is 0.730. The van der Waals surface area contributed by atoms with Crippen LogP contribution in [0.25, 0.3) is 10.9 Å². The molecule has 0 aliphatic carbocycles. The zero-order valence-electron chi connectivity index (χ0n) is 13.0. The van der Waals surface area contributed by atoms with Crippen molar-refractivity contribution in [2.75, 3.05) is 0 Å². The van der Waals surface area contributed by atoms with E-state index < -0.39 is 0 Å². The van der Waals surface area contributed by atoms with Crippen molar-refractivity contribution in [2.45, 2.75) is 17.5 Å². The molecule has 3 aromatic heterocycles. The van der Waals surface area contributed by atoms with Crippen molar-refractivity contribution in [3.05, 3.63) is 84.6 Å². The summed E-state index contributed by atoms with van der Waals surface area (Å²) < 4.78 is 2.12. The summed E-state index contributed by atoms with van der Waals surface area (Å²) in [5.74, 6) is 0.796. The van der Waals surface area contributed by atoms with Crippen LogP contribution in [0.1, 0.15) is 11.4 Å². The van der Waals surface area contributed by atoms with Crippen LogP contribution in [0.4, 0.5) is 0 Å². The highest BCUT2D eigenvalue weighted by Crippen LogP contribution is 2.22. The maximum absolute atomic E-state index is 4.72. The van der Waals surface area contributed by atoms with Crippen molar-refractivity contribution >= 4 is 22.7 Å². The van der Waals surface area contributed by atoms with Crippen LogP contribution in [0.3, 0.4) is 0 Å². The van der Waals surface area contributed by atoms with Crippen LogP contribution < -0.4 is 0 Å². The number of thioether (sulfide) groups is 1. The van der Waals surface area contributed by atoms with Crippen molar-refractivity contribution in [1.82, 2.24) is 19.5 Å². The Bertz CT molecular complexity index is 950. The summed E-state index contributed by atoms with van der Waals surface area (Å²) in [6, 6.07) is 18.4. The monoisotopic (exact) mass is 332 g/mol. The van der Waals surface area contributed by atoms with Gasteiger partial charge >= 0.3 is 0 Å². The highest BCUT2D eigenvalue weighted by molar-refractivity contribution is 7.98. The molecular weight excluding hydrogens is 316 g/mol. The van der Waals surface area contributed by atoms with E-state index in [-0.39, 0.29) is 0 Å². The SMILES string of the molecule is c1ccc(Cn2ccnc2SCc2ccc3ccccc3n2)nc1. The predicted octanol–water partition coefficient (Wildman–Crippen LogP) is 4.17.